The molecule has 0 saturated heterocycles. The fourth-order valence-electron chi connectivity index (χ4n) is 2.23. The van der Waals surface area contributed by atoms with E-state index in [0.717, 1.165) is 0 Å². The molecule has 1 aliphatic heterocycles. The number of nitrogens with zero attached hydrogens (tertiary/aromatic N) is 2. The van der Waals surface area contributed by atoms with Crippen LogP contribution in [0, 0.1) is 5.92 Å². The molecule has 0 unspecified atom stereocenters. The summed E-state index contributed by atoms with van der Waals surface area (Å²) >= 11 is 0. The Labute approximate surface area is 88.6 Å². The van der Waals surface area contributed by atoms with Crippen LogP contribution < -0.4 is 0 Å². The van der Waals surface area contributed by atoms with E-state index in [0.29, 0.717) is 12.1 Å². The summed E-state index contributed by atoms with van der Waals surface area (Å²) in [5, 5.41) is 0. The Balaban J connectivity index is 2.59. The second kappa shape index (κ2) is 5.28. The fraction of sp³-hybridized carbons (Fsp3) is 0.833. The summed E-state index contributed by atoms with van der Waals surface area (Å²) in [5.41, 5.74) is 0. The Hall–Kier alpha value is -0.660. The molecular formula is C12H24N2. The SMILES string of the molecule is CCCN1C=CN(CCC)C1C(C)C. The summed E-state index contributed by atoms with van der Waals surface area (Å²) in [6.07, 6.45) is 7.56. The molecule has 1 rings (SSSR count). The van der Waals surface area contributed by atoms with E-state index < -0.39 is 0 Å². The van der Waals surface area contributed by atoms with Crippen molar-refractivity contribution in [1.82, 2.24) is 9.80 Å². The average molecular weight is 196 g/mol. The monoisotopic (exact) mass is 196 g/mol. The molecule has 0 aliphatic carbocycles. The molecule has 1 heterocycles. The zero-order valence-corrected chi connectivity index (χ0v) is 10.0. The van der Waals surface area contributed by atoms with E-state index in [1.54, 1.807) is 0 Å². The first kappa shape index (κ1) is 11.4. The van der Waals surface area contributed by atoms with Crippen LogP contribution in [0.4, 0.5) is 0 Å². The summed E-state index contributed by atoms with van der Waals surface area (Å²) in [4.78, 5) is 4.95. The van der Waals surface area contributed by atoms with Gasteiger partial charge in [0.05, 0.1) is 0 Å². The molecule has 2 nitrogen and oxygen atoms in total. The van der Waals surface area contributed by atoms with E-state index in [4.69, 9.17) is 0 Å². The van der Waals surface area contributed by atoms with Crippen molar-refractivity contribution in [2.24, 2.45) is 5.92 Å². The highest BCUT2D eigenvalue weighted by atomic mass is 15.4. The molecular weight excluding hydrogens is 172 g/mol. The molecule has 1 aliphatic rings. The van der Waals surface area contributed by atoms with Gasteiger partial charge in [-0.25, -0.2) is 0 Å². The maximum atomic E-state index is 2.47. The van der Waals surface area contributed by atoms with Gasteiger partial charge in [0, 0.05) is 25.5 Å². The molecule has 0 saturated carbocycles. The predicted octanol–water partition coefficient (Wildman–Crippen LogP) is 2.88. The van der Waals surface area contributed by atoms with Crippen molar-refractivity contribution in [3.63, 3.8) is 0 Å². The standard InChI is InChI=1S/C12H24N2/c1-5-7-13-9-10-14(8-6-2)12(13)11(3)4/h9-12H,5-8H2,1-4H3. The zero-order valence-electron chi connectivity index (χ0n) is 10.0. The Bertz CT molecular complexity index is 171. The van der Waals surface area contributed by atoms with Crippen molar-refractivity contribution in [2.45, 2.75) is 46.7 Å². The summed E-state index contributed by atoms with van der Waals surface area (Å²) in [6.45, 7) is 11.5. The first-order valence-corrected chi connectivity index (χ1v) is 5.90. The second-order valence-corrected chi connectivity index (χ2v) is 4.43. The van der Waals surface area contributed by atoms with Crippen molar-refractivity contribution >= 4 is 0 Å². The van der Waals surface area contributed by atoms with Crippen LogP contribution in [-0.4, -0.2) is 29.1 Å². The van der Waals surface area contributed by atoms with Crippen LogP contribution in [0.1, 0.15) is 40.5 Å². The molecule has 0 atom stereocenters. The maximum Gasteiger partial charge on any atom is 0.103 e. The van der Waals surface area contributed by atoms with Gasteiger partial charge in [-0.1, -0.05) is 27.7 Å². The first-order valence-electron chi connectivity index (χ1n) is 5.90. The minimum absolute atomic E-state index is 0.592. The highest BCUT2D eigenvalue weighted by Crippen LogP contribution is 2.22. The number of rotatable bonds is 5. The van der Waals surface area contributed by atoms with E-state index in [1.807, 2.05) is 0 Å². The van der Waals surface area contributed by atoms with Gasteiger partial charge < -0.3 is 9.80 Å². The molecule has 0 N–H and O–H groups in total. The third kappa shape index (κ3) is 2.43. The van der Waals surface area contributed by atoms with Gasteiger partial charge in [0.2, 0.25) is 0 Å². The fourth-order valence-corrected chi connectivity index (χ4v) is 2.23. The van der Waals surface area contributed by atoms with Crippen LogP contribution in [0.5, 0.6) is 0 Å². The summed E-state index contributed by atoms with van der Waals surface area (Å²) in [6, 6.07) is 0. The third-order valence-electron chi connectivity index (χ3n) is 2.69. The van der Waals surface area contributed by atoms with E-state index >= 15 is 0 Å². The van der Waals surface area contributed by atoms with Crippen molar-refractivity contribution in [3.05, 3.63) is 12.4 Å². The smallest absolute Gasteiger partial charge is 0.103 e. The largest absolute Gasteiger partial charge is 0.356 e. The van der Waals surface area contributed by atoms with Crippen molar-refractivity contribution in [1.29, 1.82) is 0 Å². The number of hydrogen-bond acceptors (Lipinski definition) is 2. The first-order chi connectivity index (χ1) is 6.70. The Morgan fingerprint density at radius 1 is 1.00 bits per heavy atom. The molecule has 82 valence electrons. The van der Waals surface area contributed by atoms with E-state index in [1.165, 1.54) is 25.9 Å². The van der Waals surface area contributed by atoms with Gasteiger partial charge >= 0.3 is 0 Å². The van der Waals surface area contributed by atoms with Gasteiger partial charge in [-0.3, -0.25) is 0 Å². The van der Waals surface area contributed by atoms with Gasteiger partial charge in [0.25, 0.3) is 0 Å². The van der Waals surface area contributed by atoms with Crippen molar-refractivity contribution in [3.8, 4) is 0 Å². The van der Waals surface area contributed by atoms with Crippen LogP contribution in [0.3, 0.4) is 0 Å². The summed E-state index contributed by atoms with van der Waals surface area (Å²) in [7, 11) is 0. The number of hydrogen-bond donors (Lipinski definition) is 0. The average Bonchev–Trinajstić information content (AvgIpc) is 2.49. The lowest BCUT2D eigenvalue weighted by atomic mass is 10.1. The topological polar surface area (TPSA) is 6.48 Å². The molecule has 0 aromatic carbocycles. The molecule has 0 radical (unpaired) electrons. The highest BCUT2D eigenvalue weighted by molar-refractivity contribution is 4.97. The second-order valence-electron chi connectivity index (χ2n) is 4.43. The molecule has 0 fully saturated rings. The molecule has 0 bridgehead atoms. The maximum absolute atomic E-state index is 2.47. The quantitative estimate of drug-likeness (QED) is 0.667. The lowest BCUT2D eigenvalue weighted by molar-refractivity contribution is 0.107. The predicted molar refractivity (Wildman–Crippen MR) is 61.8 cm³/mol. The molecule has 2 heteroatoms. The zero-order chi connectivity index (χ0) is 10.6. The molecule has 0 spiro atoms. The van der Waals surface area contributed by atoms with Gasteiger partial charge in [-0.05, 0) is 18.8 Å². The summed E-state index contributed by atoms with van der Waals surface area (Å²) in [5.74, 6) is 0.697. The molecule has 0 aromatic heterocycles. The van der Waals surface area contributed by atoms with Crippen molar-refractivity contribution in [2.75, 3.05) is 13.1 Å². The van der Waals surface area contributed by atoms with Gasteiger partial charge in [0.15, 0.2) is 0 Å². The normalized spacial score (nSPS) is 17.5. The van der Waals surface area contributed by atoms with Gasteiger partial charge in [-0.15, -0.1) is 0 Å². The van der Waals surface area contributed by atoms with Gasteiger partial charge in [0.1, 0.15) is 6.17 Å². The molecule has 0 amide bonds. The Morgan fingerprint density at radius 2 is 1.43 bits per heavy atom. The lowest BCUT2D eigenvalue weighted by Crippen LogP contribution is -2.43. The Kier molecular flexibility index (Phi) is 4.30. The Morgan fingerprint density at radius 3 is 1.71 bits per heavy atom. The van der Waals surface area contributed by atoms with E-state index in [-0.39, 0.29) is 0 Å². The molecule has 14 heavy (non-hydrogen) atoms. The van der Waals surface area contributed by atoms with E-state index in [2.05, 4.69) is 49.9 Å². The highest BCUT2D eigenvalue weighted by Gasteiger charge is 2.27. The molecule has 0 aromatic rings. The summed E-state index contributed by atoms with van der Waals surface area (Å²) < 4.78 is 0. The minimum atomic E-state index is 0.592. The van der Waals surface area contributed by atoms with Crippen LogP contribution in [0.25, 0.3) is 0 Å². The van der Waals surface area contributed by atoms with Crippen LogP contribution in [0.2, 0.25) is 0 Å². The third-order valence-corrected chi connectivity index (χ3v) is 2.69. The van der Waals surface area contributed by atoms with Crippen molar-refractivity contribution < 1.29 is 0 Å². The van der Waals surface area contributed by atoms with Crippen LogP contribution in [-0.2, 0) is 0 Å². The van der Waals surface area contributed by atoms with E-state index in [9.17, 15) is 0 Å². The minimum Gasteiger partial charge on any atom is -0.356 e. The van der Waals surface area contributed by atoms with Gasteiger partial charge in [-0.2, -0.15) is 0 Å². The van der Waals surface area contributed by atoms with Crippen LogP contribution in [0.15, 0.2) is 12.4 Å². The lowest BCUT2D eigenvalue weighted by Gasteiger charge is -2.35. The van der Waals surface area contributed by atoms with Crippen LogP contribution >= 0.6 is 0 Å².